The first kappa shape index (κ1) is 46.5. The smallest absolute Gasteiger partial charge is 0.256 e. The maximum Gasteiger partial charge on any atom is 0.256 e. The number of aryl methyl sites for hydroxylation is 2. The number of hydrogen-bond donors (Lipinski definition) is 4. The lowest BCUT2D eigenvalue weighted by Crippen LogP contribution is -2.33. The highest BCUT2D eigenvalue weighted by atomic mass is 32.1. The number of hydrogen-bond acceptors (Lipinski definition) is 14. The molecule has 10 rings (SSSR count). The van der Waals surface area contributed by atoms with Crippen molar-refractivity contribution in [3.05, 3.63) is 121 Å². The number of likely N-dealkylation sites (tertiary alicyclic amines) is 2. The van der Waals surface area contributed by atoms with Gasteiger partial charge in [0.15, 0.2) is 0 Å². The lowest BCUT2D eigenvalue weighted by atomic mass is 10.1. The zero-order valence-electron chi connectivity index (χ0n) is 36.8. The van der Waals surface area contributed by atoms with E-state index in [9.17, 15) is 14.0 Å². The van der Waals surface area contributed by atoms with Crippen LogP contribution in [0.25, 0.3) is 19.8 Å². The van der Waals surface area contributed by atoms with E-state index in [2.05, 4.69) is 64.8 Å². The third-order valence-corrected chi connectivity index (χ3v) is 15.9. The molecule has 0 unspecified atom stereocenters. The van der Waals surface area contributed by atoms with Gasteiger partial charge in [-0.05, 0) is 138 Å². The van der Waals surface area contributed by atoms with E-state index < -0.39 is 0 Å². The molecule has 8 heterocycles. The summed E-state index contributed by atoms with van der Waals surface area (Å²) in [6, 6.07) is 17.4. The van der Waals surface area contributed by atoms with Gasteiger partial charge in [-0.25, -0.2) is 14.4 Å². The summed E-state index contributed by atoms with van der Waals surface area (Å²) in [4.78, 5) is 54.4. The van der Waals surface area contributed by atoms with Gasteiger partial charge >= 0.3 is 0 Å². The van der Waals surface area contributed by atoms with E-state index in [-0.39, 0.29) is 17.6 Å². The summed E-state index contributed by atoms with van der Waals surface area (Å²) in [5.41, 5.74) is 9.75. The fourth-order valence-corrected chi connectivity index (χ4v) is 11.8. The molecule has 2 aromatic carbocycles. The number of piperidine rings is 2. The average Bonchev–Trinajstić information content (AvgIpc) is 4.20. The van der Waals surface area contributed by atoms with Gasteiger partial charge in [-0.2, -0.15) is 0 Å². The average molecular weight is 951 g/mol. The molecule has 340 valence electrons. The second-order valence-electron chi connectivity index (χ2n) is 16.3. The van der Waals surface area contributed by atoms with Crippen LogP contribution in [0.1, 0.15) is 89.9 Å². The number of amidine groups is 2. The number of thiazole rings is 2. The number of anilines is 1. The summed E-state index contributed by atoms with van der Waals surface area (Å²) in [7, 11) is 0. The van der Waals surface area contributed by atoms with Gasteiger partial charge in [0.25, 0.3) is 11.8 Å². The predicted molar refractivity (Wildman–Crippen MR) is 267 cm³/mol. The van der Waals surface area contributed by atoms with E-state index in [0.29, 0.717) is 35.9 Å². The molecule has 65 heavy (non-hydrogen) atoms. The van der Waals surface area contributed by atoms with Crippen LogP contribution < -0.4 is 21.7 Å². The van der Waals surface area contributed by atoms with E-state index in [1.165, 1.54) is 93.8 Å². The van der Waals surface area contributed by atoms with Gasteiger partial charge in [-0.15, -0.1) is 45.3 Å². The molecule has 2 fully saturated rings. The summed E-state index contributed by atoms with van der Waals surface area (Å²) in [5.74, 6) is 0.453. The fourth-order valence-electron chi connectivity index (χ4n) is 7.91. The Kier molecular flexibility index (Phi) is 16.1. The number of halogens is 1. The lowest BCUT2D eigenvalue weighted by molar-refractivity contribution is 0.0968. The number of amides is 2. The molecule has 12 nitrogen and oxygen atoms in total. The van der Waals surface area contributed by atoms with Gasteiger partial charge in [-0.1, -0.05) is 12.8 Å². The maximum atomic E-state index is 13.0. The minimum atomic E-state index is -0.367. The van der Waals surface area contributed by atoms with Crippen LogP contribution in [0.15, 0.2) is 83.0 Å². The minimum Gasteiger partial charge on any atom is -0.384 e. The number of aliphatic imine (C=N–C) groups is 2. The van der Waals surface area contributed by atoms with E-state index in [0.717, 1.165) is 77.4 Å². The second-order valence-corrected chi connectivity index (χ2v) is 20.9. The first-order valence-corrected chi connectivity index (χ1v) is 25.5. The van der Waals surface area contributed by atoms with Gasteiger partial charge in [0.2, 0.25) is 0 Å². The number of carbonyl (C=O) groups excluding carboxylic acids is 2. The van der Waals surface area contributed by atoms with Crippen molar-refractivity contribution >= 4 is 74.5 Å². The Hall–Kier alpha value is -5.01. The van der Waals surface area contributed by atoms with Crippen molar-refractivity contribution in [3.63, 3.8) is 0 Å². The van der Waals surface area contributed by atoms with Gasteiger partial charge in [0, 0.05) is 65.1 Å². The number of nitrogens with zero attached hydrogens (tertiary/aromatic N) is 6. The molecule has 6 aromatic rings. The van der Waals surface area contributed by atoms with Crippen LogP contribution in [0.3, 0.4) is 0 Å². The highest BCUT2D eigenvalue weighted by Crippen LogP contribution is 2.38. The van der Waals surface area contributed by atoms with Crippen LogP contribution in [0.2, 0.25) is 0 Å². The van der Waals surface area contributed by atoms with E-state index >= 15 is 0 Å². The SMILES string of the molecule is Cc1cnc(-c2cc3c(s2)C(NC(=O)c2ccc(F)cc2)=NC3)s1.Cc1cnc(-c2cc3c(s2)C(NC(=O)c2ccc(NCCN4CCCCC4)cc2)=NC3)s1.NCCN1CCCCC1. The molecule has 0 atom stereocenters. The predicted octanol–water partition coefficient (Wildman–Crippen LogP) is 9.21. The summed E-state index contributed by atoms with van der Waals surface area (Å²) < 4.78 is 13.0. The number of aromatic nitrogens is 2. The van der Waals surface area contributed by atoms with Gasteiger partial charge in [-0.3, -0.25) is 19.6 Å². The van der Waals surface area contributed by atoms with Crippen LogP contribution in [0.5, 0.6) is 0 Å². The molecule has 5 N–H and O–H groups in total. The van der Waals surface area contributed by atoms with E-state index in [1.807, 2.05) is 43.6 Å². The number of nitrogens with two attached hydrogens (primary N) is 1. The van der Waals surface area contributed by atoms with Crippen LogP contribution >= 0.6 is 45.3 Å². The molecule has 4 aromatic heterocycles. The third kappa shape index (κ3) is 12.5. The molecule has 0 saturated carbocycles. The second kappa shape index (κ2) is 22.5. The van der Waals surface area contributed by atoms with Crippen LogP contribution in [-0.2, 0) is 13.1 Å². The zero-order chi connectivity index (χ0) is 45.1. The third-order valence-electron chi connectivity index (χ3n) is 11.3. The maximum absolute atomic E-state index is 13.0. The molecule has 0 spiro atoms. The van der Waals surface area contributed by atoms with E-state index in [1.54, 1.807) is 45.3 Å². The van der Waals surface area contributed by atoms with Crippen molar-refractivity contribution in [2.24, 2.45) is 15.7 Å². The van der Waals surface area contributed by atoms with Crippen molar-refractivity contribution in [3.8, 4) is 19.8 Å². The Morgan fingerprint density at radius 3 is 1.55 bits per heavy atom. The summed E-state index contributed by atoms with van der Waals surface area (Å²) in [6.07, 6.45) is 11.9. The highest BCUT2D eigenvalue weighted by molar-refractivity contribution is 7.23. The molecule has 17 heteroatoms. The fraction of sp³-hybridized carbons (Fsp3) is 0.375. The molecular formula is C48H55FN10O2S4. The number of carbonyl (C=O) groups is 2. The Bertz CT molecular complexity index is 2600. The number of fused-ring (bicyclic) bond motifs is 2. The van der Waals surface area contributed by atoms with E-state index in [4.69, 9.17) is 5.73 Å². The monoisotopic (exact) mass is 950 g/mol. The molecule has 0 aliphatic carbocycles. The topological polar surface area (TPSA) is 153 Å². The van der Waals surface area contributed by atoms with Crippen molar-refractivity contribution in [2.45, 2.75) is 65.5 Å². The molecular weight excluding hydrogens is 896 g/mol. The van der Waals surface area contributed by atoms with Crippen LogP contribution in [0.4, 0.5) is 10.1 Å². The zero-order valence-corrected chi connectivity index (χ0v) is 40.1. The van der Waals surface area contributed by atoms with Crippen LogP contribution in [0, 0.1) is 19.7 Å². The number of thiophene rings is 2. The first-order valence-electron chi connectivity index (χ1n) is 22.3. The summed E-state index contributed by atoms with van der Waals surface area (Å²) in [5, 5.41) is 11.3. The first-order chi connectivity index (χ1) is 31.7. The summed E-state index contributed by atoms with van der Waals surface area (Å²) in [6.45, 7) is 14.1. The number of benzene rings is 2. The minimum absolute atomic E-state index is 0.128. The van der Waals surface area contributed by atoms with Crippen molar-refractivity contribution in [2.75, 3.05) is 57.7 Å². The normalized spacial score (nSPS) is 15.7. The quantitative estimate of drug-likeness (QED) is 0.106. The van der Waals surface area contributed by atoms with Crippen molar-refractivity contribution < 1.29 is 14.0 Å². The summed E-state index contributed by atoms with van der Waals surface area (Å²) >= 11 is 6.56. The Morgan fingerprint density at radius 2 is 1.11 bits per heavy atom. The highest BCUT2D eigenvalue weighted by Gasteiger charge is 2.25. The molecule has 2 saturated heterocycles. The Labute approximate surface area is 396 Å². The van der Waals surface area contributed by atoms with Crippen molar-refractivity contribution in [1.82, 2.24) is 30.4 Å². The Balaban J connectivity index is 0.000000153. The molecule has 0 radical (unpaired) electrons. The van der Waals surface area contributed by atoms with Crippen molar-refractivity contribution in [1.29, 1.82) is 0 Å². The standard InChI is InChI=1S/C24H27N5OS2.C17H12FN3OS2.C7H16N2/c1-16-14-27-24(31-16)20-13-18-15-26-22(21(18)32-20)28-23(30)17-5-7-19(8-6-17)25-9-12-29-10-3-2-4-11-29;1-9-7-20-17(23-9)13-6-11-8-19-15(14(11)24-13)21-16(22)10-2-4-12(18)5-3-10;8-4-7-9-5-2-1-3-6-9/h5-8,13-14,25H,2-4,9-12,15H2,1H3,(H,26,28,30);2-7H,8H2,1H3,(H,19,21,22);1-8H2. The van der Waals surface area contributed by atoms with Crippen LogP contribution in [-0.4, -0.2) is 95.6 Å². The van der Waals surface area contributed by atoms with Gasteiger partial charge < -0.3 is 31.5 Å². The molecule has 2 amide bonds. The molecule has 4 aliphatic rings. The number of nitrogens with one attached hydrogen (secondary N) is 3. The van der Waals surface area contributed by atoms with Gasteiger partial charge in [0.05, 0.1) is 32.6 Å². The number of rotatable bonds is 10. The molecule has 0 bridgehead atoms. The molecule has 4 aliphatic heterocycles. The van der Waals surface area contributed by atoms with Gasteiger partial charge in [0.1, 0.15) is 27.5 Å². The Morgan fingerprint density at radius 1 is 0.646 bits per heavy atom. The lowest BCUT2D eigenvalue weighted by Gasteiger charge is -2.26. The largest absolute Gasteiger partial charge is 0.384 e.